The van der Waals surface area contributed by atoms with Crippen LogP contribution in [-0.2, 0) is 16.6 Å². The zero-order valence-corrected chi connectivity index (χ0v) is 14.4. The van der Waals surface area contributed by atoms with E-state index >= 15 is 0 Å². The van der Waals surface area contributed by atoms with Crippen molar-refractivity contribution in [2.75, 3.05) is 6.54 Å². The van der Waals surface area contributed by atoms with Crippen molar-refractivity contribution in [1.29, 1.82) is 0 Å². The Balaban J connectivity index is 2.05. The predicted molar refractivity (Wildman–Crippen MR) is 91.8 cm³/mol. The first kappa shape index (κ1) is 16.7. The van der Waals surface area contributed by atoms with Gasteiger partial charge in [-0.1, -0.05) is 51.1 Å². The maximum absolute atomic E-state index is 12.9. The molecule has 2 nitrogen and oxygen atoms in total. The summed E-state index contributed by atoms with van der Waals surface area (Å²) in [7, 11) is -0.800. The second kappa shape index (κ2) is 7.55. The number of benzene rings is 1. The van der Waals surface area contributed by atoms with Gasteiger partial charge in [-0.25, -0.2) is 0 Å². The minimum absolute atomic E-state index is 0.278. The van der Waals surface area contributed by atoms with E-state index in [1.165, 1.54) is 12.0 Å². The molecule has 1 saturated carbocycles. The molecule has 0 radical (unpaired) electrons. The summed E-state index contributed by atoms with van der Waals surface area (Å²) in [6.45, 7) is 7.85. The largest absolute Gasteiger partial charge is 0.313 e. The Morgan fingerprint density at radius 1 is 1.29 bits per heavy atom. The van der Waals surface area contributed by atoms with Gasteiger partial charge in [0.15, 0.2) is 0 Å². The zero-order valence-electron chi connectivity index (χ0n) is 13.6. The van der Waals surface area contributed by atoms with Gasteiger partial charge in [0.1, 0.15) is 0 Å². The molecule has 0 aromatic heterocycles. The van der Waals surface area contributed by atoms with E-state index in [0.717, 1.165) is 25.8 Å². The minimum atomic E-state index is -0.800. The number of nitrogens with one attached hydrogen (secondary N) is 1. The average molecular weight is 308 g/mol. The topological polar surface area (TPSA) is 29.1 Å². The summed E-state index contributed by atoms with van der Waals surface area (Å²) in [5, 5.41) is 3.91. The van der Waals surface area contributed by atoms with E-state index in [2.05, 4.69) is 38.2 Å². The highest BCUT2D eigenvalue weighted by molar-refractivity contribution is 7.84. The molecule has 1 aromatic rings. The van der Waals surface area contributed by atoms with Crippen LogP contribution in [0.3, 0.4) is 0 Å². The lowest BCUT2D eigenvalue weighted by Gasteiger charge is -2.40. The van der Waals surface area contributed by atoms with Crippen LogP contribution < -0.4 is 5.32 Å². The van der Waals surface area contributed by atoms with Crippen LogP contribution in [0.1, 0.15) is 52.0 Å². The molecule has 0 heterocycles. The summed E-state index contributed by atoms with van der Waals surface area (Å²) in [6.07, 6.45) is 4.58. The molecule has 0 bridgehead atoms. The Hall–Kier alpha value is -0.670. The van der Waals surface area contributed by atoms with Crippen molar-refractivity contribution in [3.05, 3.63) is 35.9 Å². The lowest BCUT2D eigenvalue weighted by atomic mass is 9.75. The summed E-state index contributed by atoms with van der Waals surface area (Å²) in [6, 6.07) is 10.7. The van der Waals surface area contributed by atoms with Crippen LogP contribution in [-0.4, -0.2) is 22.0 Å². The molecule has 118 valence electrons. The monoisotopic (exact) mass is 307 g/mol. The fraction of sp³-hybridized carbons (Fsp3) is 0.667. The summed E-state index contributed by atoms with van der Waals surface area (Å²) in [5.74, 6) is 0.686. The molecule has 21 heavy (non-hydrogen) atoms. The first-order chi connectivity index (χ1) is 10.0. The third kappa shape index (κ3) is 4.93. The third-order valence-electron chi connectivity index (χ3n) is 4.48. The van der Waals surface area contributed by atoms with Gasteiger partial charge in [0.05, 0.1) is 5.25 Å². The van der Waals surface area contributed by atoms with Crippen molar-refractivity contribution in [2.45, 2.75) is 63.5 Å². The number of rotatable bonds is 6. The molecule has 1 N–H and O–H groups in total. The van der Waals surface area contributed by atoms with E-state index in [1.54, 1.807) is 0 Å². The van der Waals surface area contributed by atoms with Gasteiger partial charge < -0.3 is 5.32 Å². The van der Waals surface area contributed by atoms with Crippen molar-refractivity contribution in [1.82, 2.24) is 5.32 Å². The highest BCUT2D eigenvalue weighted by Crippen LogP contribution is 2.38. The van der Waals surface area contributed by atoms with Crippen LogP contribution in [0, 0.1) is 5.41 Å². The van der Waals surface area contributed by atoms with Crippen LogP contribution in [0.2, 0.25) is 0 Å². The van der Waals surface area contributed by atoms with Crippen LogP contribution >= 0.6 is 0 Å². The zero-order chi connectivity index (χ0) is 15.3. The van der Waals surface area contributed by atoms with Crippen molar-refractivity contribution in [3.63, 3.8) is 0 Å². The molecule has 3 atom stereocenters. The molecule has 1 aliphatic carbocycles. The summed E-state index contributed by atoms with van der Waals surface area (Å²) < 4.78 is 12.9. The average Bonchev–Trinajstić information content (AvgIpc) is 2.46. The molecular formula is C18H29NOS. The SMILES string of the molecule is CCCNC1CCC(C)(C)CC1S(=O)Cc1ccccc1. The molecule has 3 unspecified atom stereocenters. The first-order valence-corrected chi connectivity index (χ1v) is 9.54. The van der Waals surface area contributed by atoms with Gasteiger partial charge in [-0.3, -0.25) is 4.21 Å². The fourth-order valence-corrected chi connectivity index (χ4v) is 5.18. The van der Waals surface area contributed by atoms with E-state index in [1.807, 2.05) is 18.2 Å². The van der Waals surface area contributed by atoms with Gasteiger partial charge in [0.25, 0.3) is 0 Å². The van der Waals surface area contributed by atoms with Gasteiger partial charge in [0, 0.05) is 22.6 Å². The first-order valence-electron chi connectivity index (χ1n) is 8.16. The second-order valence-electron chi connectivity index (χ2n) is 7.02. The van der Waals surface area contributed by atoms with E-state index in [0.29, 0.717) is 17.2 Å². The predicted octanol–water partition coefficient (Wildman–Crippen LogP) is 3.88. The van der Waals surface area contributed by atoms with Crippen molar-refractivity contribution in [3.8, 4) is 0 Å². The van der Waals surface area contributed by atoms with Gasteiger partial charge in [0.2, 0.25) is 0 Å². The third-order valence-corrected chi connectivity index (χ3v) is 6.27. The van der Waals surface area contributed by atoms with Gasteiger partial charge >= 0.3 is 0 Å². The summed E-state index contributed by atoms with van der Waals surface area (Å²) in [4.78, 5) is 0. The Kier molecular flexibility index (Phi) is 6.00. The maximum Gasteiger partial charge on any atom is 0.0509 e. The van der Waals surface area contributed by atoms with E-state index in [9.17, 15) is 4.21 Å². The molecule has 2 rings (SSSR count). The molecule has 0 saturated heterocycles. The van der Waals surface area contributed by atoms with E-state index in [4.69, 9.17) is 0 Å². The van der Waals surface area contributed by atoms with E-state index in [-0.39, 0.29) is 5.25 Å². The standard InChI is InChI=1S/C18H29NOS/c1-4-12-19-16-10-11-18(2,3)13-17(16)21(20)14-15-8-6-5-7-9-15/h5-9,16-17,19H,4,10-14H2,1-3H3. The lowest BCUT2D eigenvalue weighted by molar-refractivity contribution is 0.211. The Morgan fingerprint density at radius 2 is 2.00 bits per heavy atom. The Morgan fingerprint density at radius 3 is 2.67 bits per heavy atom. The Bertz CT molecular complexity index is 458. The fourth-order valence-electron chi connectivity index (χ4n) is 3.21. The van der Waals surface area contributed by atoms with Crippen LogP contribution in [0.5, 0.6) is 0 Å². The normalized spacial score (nSPS) is 26.4. The molecule has 0 amide bonds. The molecule has 1 aromatic carbocycles. The summed E-state index contributed by atoms with van der Waals surface area (Å²) >= 11 is 0. The molecule has 1 aliphatic rings. The molecular weight excluding hydrogens is 278 g/mol. The van der Waals surface area contributed by atoms with Crippen molar-refractivity contribution < 1.29 is 4.21 Å². The molecule has 3 heteroatoms. The van der Waals surface area contributed by atoms with Crippen molar-refractivity contribution in [2.24, 2.45) is 5.41 Å². The van der Waals surface area contributed by atoms with Crippen LogP contribution in [0.4, 0.5) is 0 Å². The summed E-state index contributed by atoms with van der Waals surface area (Å²) in [5.41, 5.74) is 1.51. The second-order valence-corrected chi connectivity index (χ2v) is 8.67. The van der Waals surface area contributed by atoms with Crippen LogP contribution in [0.25, 0.3) is 0 Å². The smallest absolute Gasteiger partial charge is 0.0509 e. The molecule has 0 spiro atoms. The van der Waals surface area contributed by atoms with Crippen molar-refractivity contribution >= 4 is 10.8 Å². The van der Waals surface area contributed by atoms with Gasteiger partial charge in [-0.05, 0) is 43.2 Å². The molecule has 0 aliphatic heterocycles. The highest BCUT2D eigenvalue weighted by atomic mass is 32.2. The van der Waals surface area contributed by atoms with Crippen LogP contribution in [0.15, 0.2) is 30.3 Å². The lowest BCUT2D eigenvalue weighted by Crippen LogP contribution is -2.48. The van der Waals surface area contributed by atoms with Gasteiger partial charge in [-0.2, -0.15) is 0 Å². The highest BCUT2D eigenvalue weighted by Gasteiger charge is 2.37. The quantitative estimate of drug-likeness (QED) is 0.864. The van der Waals surface area contributed by atoms with Gasteiger partial charge in [-0.15, -0.1) is 0 Å². The number of hydrogen-bond donors (Lipinski definition) is 1. The molecule has 1 fully saturated rings. The maximum atomic E-state index is 12.9. The Labute approximate surface area is 132 Å². The van der Waals surface area contributed by atoms with E-state index < -0.39 is 10.8 Å². The number of hydrogen-bond acceptors (Lipinski definition) is 2. The minimum Gasteiger partial charge on any atom is -0.313 e.